The van der Waals surface area contributed by atoms with Gasteiger partial charge < -0.3 is 19.1 Å². The number of ether oxygens (including phenoxy) is 1. The molecule has 2 aliphatic rings. The van der Waals surface area contributed by atoms with E-state index in [1.54, 1.807) is 6.20 Å². The molecule has 0 atom stereocenters. The summed E-state index contributed by atoms with van der Waals surface area (Å²) in [5, 5.41) is 4.05. The lowest BCUT2D eigenvalue weighted by atomic mass is 10.2. The van der Waals surface area contributed by atoms with E-state index in [4.69, 9.17) is 9.26 Å². The first-order valence-electron chi connectivity index (χ1n) is 12.3. The monoisotopic (exact) mass is 460 g/mol. The fourth-order valence-electron chi connectivity index (χ4n) is 4.73. The number of likely N-dealkylation sites (tertiary alicyclic amines) is 1. The molecule has 2 fully saturated rings. The number of anilines is 1. The molecule has 7 heteroatoms. The molecule has 3 heterocycles. The summed E-state index contributed by atoms with van der Waals surface area (Å²) in [7, 11) is 0. The average Bonchev–Trinajstić information content (AvgIpc) is 3.20. The maximum atomic E-state index is 12.4. The van der Waals surface area contributed by atoms with Crippen LogP contribution in [0.1, 0.15) is 37.0 Å². The van der Waals surface area contributed by atoms with Crippen LogP contribution in [0.15, 0.2) is 65.3 Å². The minimum Gasteiger partial charge on any atom is -0.455 e. The van der Waals surface area contributed by atoms with Crippen LogP contribution in [0.25, 0.3) is 0 Å². The summed E-state index contributed by atoms with van der Waals surface area (Å²) >= 11 is 0. The molecular weight excluding hydrogens is 428 g/mol. The first kappa shape index (κ1) is 22.5. The van der Waals surface area contributed by atoms with E-state index in [9.17, 15) is 4.79 Å². The van der Waals surface area contributed by atoms with Crippen molar-refractivity contribution in [3.8, 4) is 11.5 Å². The molecule has 0 bridgehead atoms. The van der Waals surface area contributed by atoms with Gasteiger partial charge in [-0.05, 0) is 37.1 Å². The molecule has 34 heavy (non-hydrogen) atoms. The maximum absolute atomic E-state index is 12.4. The Bertz CT molecular complexity index is 1080. The number of amides is 1. The van der Waals surface area contributed by atoms with Crippen LogP contribution >= 0.6 is 0 Å². The lowest BCUT2D eigenvalue weighted by Gasteiger charge is -2.36. The summed E-state index contributed by atoms with van der Waals surface area (Å²) < 4.78 is 11.8. The fourth-order valence-corrected chi connectivity index (χ4v) is 4.73. The van der Waals surface area contributed by atoms with Crippen molar-refractivity contribution in [3.63, 3.8) is 0 Å². The van der Waals surface area contributed by atoms with Gasteiger partial charge in [0.15, 0.2) is 11.5 Å². The molecule has 0 radical (unpaired) electrons. The van der Waals surface area contributed by atoms with Crippen LogP contribution in [0.3, 0.4) is 0 Å². The van der Waals surface area contributed by atoms with Crippen molar-refractivity contribution in [2.45, 2.75) is 38.8 Å². The van der Waals surface area contributed by atoms with Gasteiger partial charge in [-0.3, -0.25) is 9.69 Å². The number of carbonyl (C=O) groups excluding carboxylic acids is 1. The highest BCUT2D eigenvalue weighted by Crippen LogP contribution is 2.33. The Kier molecular flexibility index (Phi) is 7.10. The van der Waals surface area contributed by atoms with Crippen LogP contribution in [-0.4, -0.2) is 53.6 Å². The quantitative estimate of drug-likeness (QED) is 0.510. The first-order chi connectivity index (χ1) is 16.8. The van der Waals surface area contributed by atoms with Crippen molar-refractivity contribution in [1.29, 1.82) is 0 Å². The molecule has 1 aromatic heterocycles. The molecule has 5 rings (SSSR count). The molecule has 2 saturated heterocycles. The number of para-hydroxylation sites is 3. The van der Waals surface area contributed by atoms with E-state index in [1.165, 1.54) is 0 Å². The second kappa shape index (κ2) is 10.7. The van der Waals surface area contributed by atoms with Crippen molar-refractivity contribution in [2.24, 2.45) is 0 Å². The summed E-state index contributed by atoms with van der Waals surface area (Å²) in [6, 6.07) is 18.1. The van der Waals surface area contributed by atoms with E-state index in [1.807, 2.05) is 47.4 Å². The SMILES string of the molecule is O=C1CCCCCN1Cc1cnoc1CN1CCN(c2ccccc2Oc2ccccc2)CC1. The second-order valence-electron chi connectivity index (χ2n) is 9.05. The zero-order valence-electron chi connectivity index (χ0n) is 19.6. The van der Waals surface area contributed by atoms with Crippen LogP contribution < -0.4 is 9.64 Å². The van der Waals surface area contributed by atoms with Crippen LogP contribution in [0.4, 0.5) is 5.69 Å². The molecule has 2 aromatic carbocycles. The minimum absolute atomic E-state index is 0.245. The van der Waals surface area contributed by atoms with Crippen LogP contribution in [-0.2, 0) is 17.9 Å². The number of hydrogen-bond acceptors (Lipinski definition) is 6. The van der Waals surface area contributed by atoms with Crippen molar-refractivity contribution < 1.29 is 14.1 Å². The minimum atomic E-state index is 0.245. The van der Waals surface area contributed by atoms with E-state index >= 15 is 0 Å². The number of piperazine rings is 1. The Labute approximate surface area is 200 Å². The third-order valence-electron chi connectivity index (χ3n) is 6.68. The van der Waals surface area contributed by atoms with Crippen molar-refractivity contribution >= 4 is 11.6 Å². The number of carbonyl (C=O) groups is 1. The number of benzene rings is 2. The number of nitrogens with zero attached hydrogens (tertiary/aromatic N) is 4. The maximum Gasteiger partial charge on any atom is 0.222 e. The summed E-state index contributed by atoms with van der Waals surface area (Å²) in [6.07, 6.45) is 5.63. The van der Waals surface area contributed by atoms with Gasteiger partial charge in [-0.25, -0.2) is 0 Å². The molecule has 0 aliphatic carbocycles. The largest absolute Gasteiger partial charge is 0.455 e. The van der Waals surface area contributed by atoms with Crippen molar-refractivity contribution in [1.82, 2.24) is 15.0 Å². The summed E-state index contributed by atoms with van der Waals surface area (Å²) in [4.78, 5) is 19.1. The standard InChI is InChI=1S/C27H32N4O3/c32-27-13-5-2-8-14-31(27)20-22-19-28-34-26(22)21-29-15-17-30(18-16-29)24-11-6-7-12-25(24)33-23-9-3-1-4-10-23/h1,3-4,6-7,9-12,19H,2,5,8,13-18,20-21H2. The summed E-state index contributed by atoms with van der Waals surface area (Å²) in [5.74, 6) is 2.84. The molecule has 0 saturated carbocycles. The summed E-state index contributed by atoms with van der Waals surface area (Å²) in [5.41, 5.74) is 2.14. The normalized spacial score (nSPS) is 17.6. The van der Waals surface area contributed by atoms with Crippen molar-refractivity contribution in [3.05, 3.63) is 72.1 Å². The molecular formula is C27H32N4O3. The molecule has 7 nitrogen and oxygen atoms in total. The Hall–Kier alpha value is -3.32. The third-order valence-corrected chi connectivity index (χ3v) is 6.68. The van der Waals surface area contributed by atoms with Crippen LogP contribution in [0.2, 0.25) is 0 Å². The molecule has 0 N–H and O–H groups in total. The topological polar surface area (TPSA) is 62.1 Å². The van der Waals surface area contributed by atoms with Gasteiger partial charge in [0, 0.05) is 44.7 Å². The van der Waals surface area contributed by atoms with Gasteiger partial charge in [0.25, 0.3) is 0 Å². The van der Waals surface area contributed by atoms with Gasteiger partial charge in [0.2, 0.25) is 5.91 Å². The van der Waals surface area contributed by atoms with Gasteiger partial charge in [0.1, 0.15) is 5.75 Å². The Morgan fingerprint density at radius 1 is 0.853 bits per heavy atom. The Morgan fingerprint density at radius 3 is 2.50 bits per heavy atom. The predicted molar refractivity (Wildman–Crippen MR) is 131 cm³/mol. The molecule has 0 spiro atoms. The Morgan fingerprint density at radius 2 is 1.65 bits per heavy atom. The number of hydrogen-bond donors (Lipinski definition) is 0. The zero-order chi connectivity index (χ0) is 23.2. The summed E-state index contributed by atoms with van der Waals surface area (Å²) in [6.45, 7) is 5.79. The van der Waals surface area contributed by atoms with Crippen LogP contribution in [0, 0.1) is 0 Å². The van der Waals surface area contributed by atoms with E-state index in [2.05, 4.69) is 27.1 Å². The fraction of sp³-hybridized carbons (Fsp3) is 0.407. The average molecular weight is 461 g/mol. The van der Waals surface area contributed by atoms with Gasteiger partial charge in [-0.2, -0.15) is 0 Å². The van der Waals surface area contributed by atoms with Gasteiger partial charge in [-0.1, -0.05) is 41.9 Å². The van der Waals surface area contributed by atoms with E-state index < -0.39 is 0 Å². The van der Waals surface area contributed by atoms with E-state index in [0.717, 1.165) is 80.5 Å². The zero-order valence-corrected chi connectivity index (χ0v) is 19.6. The van der Waals surface area contributed by atoms with Crippen LogP contribution in [0.5, 0.6) is 11.5 Å². The third kappa shape index (κ3) is 5.42. The van der Waals surface area contributed by atoms with Gasteiger partial charge in [0.05, 0.1) is 25.0 Å². The number of rotatable bonds is 7. The van der Waals surface area contributed by atoms with Gasteiger partial charge in [-0.15, -0.1) is 0 Å². The molecule has 178 valence electrons. The predicted octanol–water partition coefficient (Wildman–Crippen LogP) is 4.69. The number of aromatic nitrogens is 1. The highest BCUT2D eigenvalue weighted by Gasteiger charge is 2.24. The van der Waals surface area contributed by atoms with E-state index in [0.29, 0.717) is 19.5 Å². The lowest BCUT2D eigenvalue weighted by Crippen LogP contribution is -2.46. The molecule has 0 unspecified atom stereocenters. The highest BCUT2D eigenvalue weighted by atomic mass is 16.5. The second-order valence-corrected chi connectivity index (χ2v) is 9.05. The Balaban J connectivity index is 1.19. The van der Waals surface area contributed by atoms with E-state index in [-0.39, 0.29) is 5.91 Å². The van der Waals surface area contributed by atoms with Gasteiger partial charge >= 0.3 is 0 Å². The lowest BCUT2D eigenvalue weighted by molar-refractivity contribution is -0.131. The smallest absolute Gasteiger partial charge is 0.222 e. The van der Waals surface area contributed by atoms with Crippen molar-refractivity contribution in [2.75, 3.05) is 37.6 Å². The first-order valence-corrected chi connectivity index (χ1v) is 12.3. The molecule has 2 aliphatic heterocycles. The molecule has 3 aromatic rings. The highest BCUT2D eigenvalue weighted by molar-refractivity contribution is 5.76. The molecule has 1 amide bonds.